The summed E-state index contributed by atoms with van der Waals surface area (Å²) in [5.74, 6) is 0. The third-order valence-electron chi connectivity index (χ3n) is 3.56. The zero-order valence-electron chi connectivity index (χ0n) is 10.7. The lowest BCUT2D eigenvalue weighted by molar-refractivity contribution is 0.523. The fraction of sp³-hybridized carbons (Fsp3) is 0.400. The van der Waals surface area contributed by atoms with Gasteiger partial charge >= 0.3 is 0 Å². The summed E-state index contributed by atoms with van der Waals surface area (Å²) in [7, 11) is 0. The van der Waals surface area contributed by atoms with E-state index in [1.54, 1.807) is 11.3 Å². The van der Waals surface area contributed by atoms with Gasteiger partial charge in [0.15, 0.2) is 0 Å². The number of thiazole rings is 1. The Balaban J connectivity index is 1.65. The van der Waals surface area contributed by atoms with Crippen LogP contribution in [0, 0.1) is 0 Å². The number of rotatable bonds is 4. The van der Waals surface area contributed by atoms with Crippen LogP contribution in [-0.2, 0) is 6.54 Å². The Morgan fingerprint density at radius 2 is 2.16 bits per heavy atom. The zero-order chi connectivity index (χ0) is 13.1. The van der Waals surface area contributed by atoms with Crippen molar-refractivity contribution in [2.75, 3.05) is 0 Å². The molecular formula is C15H17ClN2S. The van der Waals surface area contributed by atoms with E-state index in [1.165, 1.54) is 30.6 Å². The largest absolute Gasteiger partial charge is 0.308 e. The lowest BCUT2D eigenvalue weighted by atomic mass is 10.2. The number of benzene rings is 1. The summed E-state index contributed by atoms with van der Waals surface area (Å²) in [6.45, 7) is 0.885. The van der Waals surface area contributed by atoms with Gasteiger partial charge in [0.25, 0.3) is 0 Å². The molecule has 1 aliphatic rings. The Bertz CT molecular complexity index is 547. The molecule has 0 unspecified atom stereocenters. The number of hydrogen-bond acceptors (Lipinski definition) is 3. The molecule has 2 nitrogen and oxygen atoms in total. The lowest BCUT2D eigenvalue weighted by Gasteiger charge is -2.09. The van der Waals surface area contributed by atoms with Crippen molar-refractivity contribution in [3.63, 3.8) is 0 Å². The predicted molar refractivity (Wildman–Crippen MR) is 81.7 cm³/mol. The fourth-order valence-corrected chi connectivity index (χ4v) is 3.58. The summed E-state index contributed by atoms with van der Waals surface area (Å²) in [6, 6.07) is 8.64. The smallest absolute Gasteiger partial charge is 0.107 e. The Kier molecular flexibility index (Phi) is 4.16. The Labute approximate surface area is 122 Å². The molecule has 1 heterocycles. The predicted octanol–water partition coefficient (Wildman–Crippen LogP) is 4.50. The highest BCUT2D eigenvalue weighted by atomic mass is 35.5. The van der Waals surface area contributed by atoms with E-state index in [0.717, 1.165) is 22.1 Å². The molecule has 2 aromatic rings. The quantitative estimate of drug-likeness (QED) is 0.898. The number of halogens is 1. The van der Waals surface area contributed by atoms with Crippen molar-refractivity contribution < 1.29 is 0 Å². The molecule has 0 bridgehead atoms. The van der Waals surface area contributed by atoms with Gasteiger partial charge in [-0.2, -0.15) is 0 Å². The molecule has 1 aromatic carbocycles. The summed E-state index contributed by atoms with van der Waals surface area (Å²) in [5, 5.41) is 5.52. The van der Waals surface area contributed by atoms with E-state index in [1.807, 2.05) is 24.4 Å². The Morgan fingerprint density at radius 1 is 1.32 bits per heavy atom. The number of hydrogen-bond donors (Lipinski definition) is 1. The molecule has 3 rings (SSSR count). The average Bonchev–Trinajstić information content (AvgIpc) is 3.08. The second kappa shape index (κ2) is 6.04. The second-order valence-electron chi connectivity index (χ2n) is 4.99. The molecule has 1 aliphatic carbocycles. The standard InChI is InChI=1S/C15H17ClN2S/c16-12-5-3-4-11(8-12)14-9-18-15(19-14)10-17-13-6-1-2-7-13/h3-5,8-9,13,17H,1-2,6-7,10H2. The van der Waals surface area contributed by atoms with Gasteiger partial charge in [0, 0.05) is 23.8 Å². The van der Waals surface area contributed by atoms with Crippen LogP contribution in [0.15, 0.2) is 30.5 Å². The summed E-state index contributed by atoms with van der Waals surface area (Å²) >= 11 is 7.77. The molecule has 0 amide bonds. The fourth-order valence-electron chi connectivity index (χ4n) is 2.53. The van der Waals surface area contributed by atoms with Crippen molar-refractivity contribution in [1.29, 1.82) is 0 Å². The lowest BCUT2D eigenvalue weighted by Crippen LogP contribution is -2.25. The molecule has 1 saturated carbocycles. The molecule has 0 radical (unpaired) electrons. The molecule has 4 heteroatoms. The molecule has 100 valence electrons. The molecule has 0 saturated heterocycles. The van der Waals surface area contributed by atoms with Gasteiger partial charge < -0.3 is 5.32 Å². The third kappa shape index (κ3) is 3.35. The second-order valence-corrected chi connectivity index (χ2v) is 6.54. The molecule has 0 atom stereocenters. The van der Waals surface area contributed by atoms with Gasteiger partial charge in [0.05, 0.1) is 4.88 Å². The first-order chi connectivity index (χ1) is 9.31. The van der Waals surface area contributed by atoms with Gasteiger partial charge in [-0.25, -0.2) is 4.98 Å². The van der Waals surface area contributed by atoms with Gasteiger partial charge in [0.1, 0.15) is 5.01 Å². The van der Waals surface area contributed by atoms with Crippen molar-refractivity contribution in [3.8, 4) is 10.4 Å². The summed E-state index contributed by atoms with van der Waals surface area (Å²) in [5.41, 5.74) is 1.15. The minimum atomic E-state index is 0.693. The van der Waals surface area contributed by atoms with Crippen LogP contribution in [-0.4, -0.2) is 11.0 Å². The van der Waals surface area contributed by atoms with Crippen molar-refractivity contribution in [2.24, 2.45) is 0 Å². The maximum absolute atomic E-state index is 6.02. The van der Waals surface area contributed by atoms with Crippen LogP contribution in [0.2, 0.25) is 5.02 Å². The Hall–Kier alpha value is -0.900. The average molecular weight is 293 g/mol. The molecule has 1 aromatic heterocycles. The maximum Gasteiger partial charge on any atom is 0.107 e. The summed E-state index contributed by atoms with van der Waals surface area (Å²) < 4.78 is 0. The van der Waals surface area contributed by atoms with Gasteiger partial charge in [-0.15, -0.1) is 11.3 Å². The highest BCUT2D eigenvalue weighted by Gasteiger charge is 2.14. The van der Waals surface area contributed by atoms with Crippen molar-refractivity contribution in [3.05, 3.63) is 40.5 Å². The molecule has 0 spiro atoms. The number of nitrogens with one attached hydrogen (secondary N) is 1. The van der Waals surface area contributed by atoms with Gasteiger partial charge in [-0.05, 0) is 30.5 Å². The van der Waals surface area contributed by atoms with Crippen molar-refractivity contribution in [1.82, 2.24) is 10.3 Å². The minimum Gasteiger partial charge on any atom is -0.308 e. The van der Waals surface area contributed by atoms with E-state index < -0.39 is 0 Å². The van der Waals surface area contributed by atoms with Crippen LogP contribution >= 0.6 is 22.9 Å². The van der Waals surface area contributed by atoms with Crippen molar-refractivity contribution in [2.45, 2.75) is 38.3 Å². The summed E-state index contributed by atoms with van der Waals surface area (Å²) in [6.07, 6.45) is 7.30. The highest BCUT2D eigenvalue weighted by molar-refractivity contribution is 7.15. The van der Waals surface area contributed by atoms with E-state index in [4.69, 9.17) is 11.6 Å². The van der Waals surface area contributed by atoms with Crippen LogP contribution in [0.5, 0.6) is 0 Å². The number of nitrogens with zero attached hydrogens (tertiary/aromatic N) is 1. The monoisotopic (exact) mass is 292 g/mol. The third-order valence-corrected chi connectivity index (χ3v) is 4.84. The van der Waals surface area contributed by atoms with E-state index in [9.17, 15) is 0 Å². The van der Waals surface area contributed by atoms with Crippen LogP contribution in [0.25, 0.3) is 10.4 Å². The van der Waals surface area contributed by atoms with Crippen LogP contribution in [0.1, 0.15) is 30.7 Å². The molecule has 0 aliphatic heterocycles. The normalized spacial score (nSPS) is 16.1. The van der Waals surface area contributed by atoms with Crippen LogP contribution < -0.4 is 5.32 Å². The zero-order valence-corrected chi connectivity index (χ0v) is 12.3. The van der Waals surface area contributed by atoms with E-state index >= 15 is 0 Å². The highest BCUT2D eigenvalue weighted by Crippen LogP contribution is 2.28. The van der Waals surface area contributed by atoms with E-state index in [2.05, 4.69) is 16.4 Å². The van der Waals surface area contributed by atoms with Crippen LogP contribution in [0.3, 0.4) is 0 Å². The first-order valence-electron chi connectivity index (χ1n) is 6.75. The number of aromatic nitrogens is 1. The summed E-state index contributed by atoms with van der Waals surface area (Å²) in [4.78, 5) is 5.68. The molecule has 19 heavy (non-hydrogen) atoms. The first-order valence-corrected chi connectivity index (χ1v) is 7.95. The van der Waals surface area contributed by atoms with Crippen molar-refractivity contribution >= 4 is 22.9 Å². The molecule has 1 fully saturated rings. The SMILES string of the molecule is Clc1cccc(-c2cnc(CNC3CCCC3)s2)c1. The molecule has 1 N–H and O–H groups in total. The van der Waals surface area contributed by atoms with E-state index in [0.29, 0.717) is 6.04 Å². The van der Waals surface area contributed by atoms with Gasteiger partial charge in [-0.1, -0.05) is 36.6 Å². The first kappa shape index (κ1) is 13.1. The minimum absolute atomic E-state index is 0.693. The van der Waals surface area contributed by atoms with Crippen LogP contribution in [0.4, 0.5) is 0 Å². The Morgan fingerprint density at radius 3 is 2.95 bits per heavy atom. The maximum atomic E-state index is 6.02. The van der Waals surface area contributed by atoms with E-state index in [-0.39, 0.29) is 0 Å². The topological polar surface area (TPSA) is 24.9 Å². The van der Waals surface area contributed by atoms with Gasteiger partial charge in [0.2, 0.25) is 0 Å². The van der Waals surface area contributed by atoms with Gasteiger partial charge in [-0.3, -0.25) is 0 Å². The molecular weight excluding hydrogens is 276 g/mol.